The first kappa shape index (κ1) is 17.0. The monoisotopic (exact) mass is 353 g/mol. The van der Waals surface area contributed by atoms with Crippen molar-refractivity contribution >= 4 is 28.1 Å². The number of carbonyl (C=O) groups excluding carboxylic acids is 1. The molecule has 5 nitrogen and oxygen atoms in total. The number of hydrogen-bond donors (Lipinski definition) is 2. The van der Waals surface area contributed by atoms with E-state index in [2.05, 4.69) is 10.3 Å². The molecule has 3 rings (SSSR count). The number of nitrogens with one attached hydrogen (secondary N) is 1. The van der Waals surface area contributed by atoms with Crippen molar-refractivity contribution in [3.8, 4) is 17.0 Å². The summed E-state index contributed by atoms with van der Waals surface area (Å²) in [7, 11) is 0. The van der Waals surface area contributed by atoms with Gasteiger partial charge in [-0.2, -0.15) is 0 Å². The number of thiazole rings is 1. The number of ether oxygens (including phenoxy) is 1. The maximum absolute atomic E-state index is 12.1. The molecule has 1 aromatic heterocycles. The lowest BCUT2D eigenvalue weighted by Gasteiger charge is -2.09. The van der Waals surface area contributed by atoms with Crippen LogP contribution in [0.15, 0.2) is 47.8 Å². The Bertz CT molecular complexity index is 888. The van der Waals surface area contributed by atoms with E-state index < -0.39 is 0 Å². The van der Waals surface area contributed by atoms with Gasteiger partial charge >= 0.3 is 0 Å². The van der Waals surface area contributed by atoms with Gasteiger partial charge in [-0.1, -0.05) is 24.3 Å². The van der Waals surface area contributed by atoms with Crippen LogP contribution in [0.1, 0.15) is 11.1 Å². The Labute approximate surface area is 150 Å². The molecule has 6 heteroatoms. The van der Waals surface area contributed by atoms with Gasteiger partial charge in [0, 0.05) is 16.6 Å². The Kier molecular flexibility index (Phi) is 5.00. The first-order valence-electron chi connectivity index (χ1n) is 7.82. The number of nitrogen functional groups attached to an aromatic ring is 1. The van der Waals surface area contributed by atoms with E-state index in [1.165, 1.54) is 11.3 Å². The number of amides is 1. The number of carbonyl (C=O) groups is 1. The van der Waals surface area contributed by atoms with Crippen molar-refractivity contribution in [2.75, 3.05) is 17.7 Å². The van der Waals surface area contributed by atoms with Gasteiger partial charge in [0.15, 0.2) is 11.7 Å². The van der Waals surface area contributed by atoms with Crippen LogP contribution in [0.25, 0.3) is 11.3 Å². The van der Waals surface area contributed by atoms with Crippen LogP contribution in [0.5, 0.6) is 5.75 Å². The fraction of sp³-hybridized carbons (Fsp3) is 0.158. The van der Waals surface area contributed by atoms with Crippen LogP contribution in [0, 0.1) is 13.8 Å². The highest BCUT2D eigenvalue weighted by atomic mass is 32.1. The molecule has 0 unspecified atom stereocenters. The molecule has 0 radical (unpaired) electrons. The van der Waals surface area contributed by atoms with E-state index >= 15 is 0 Å². The molecule has 25 heavy (non-hydrogen) atoms. The highest BCUT2D eigenvalue weighted by Crippen LogP contribution is 2.25. The van der Waals surface area contributed by atoms with Crippen molar-refractivity contribution < 1.29 is 9.53 Å². The number of nitrogens with zero attached hydrogens (tertiary/aromatic N) is 1. The summed E-state index contributed by atoms with van der Waals surface area (Å²) in [5.41, 5.74) is 10.2. The second-order valence-corrected chi connectivity index (χ2v) is 6.62. The third kappa shape index (κ3) is 4.36. The molecule has 0 aliphatic carbocycles. The molecule has 0 bridgehead atoms. The normalized spacial score (nSPS) is 10.5. The van der Waals surface area contributed by atoms with Gasteiger partial charge in [0.1, 0.15) is 5.75 Å². The molecule has 0 fully saturated rings. The van der Waals surface area contributed by atoms with Gasteiger partial charge in [-0.3, -0.25) is 10.1 Å². The van der Waals surface area contributed by atoms with Gasteiger partial charge in [-0.05, 0) is 43.2 Å². The van der Waals surface area contributed by atoms with E-state index in [-0.39, 0.29) is 12.5 Å². The van der Waals surface area contributed by atoms with E-state index in [0.29, 0.717) is 10.8 Å². The number of hydrogen-bond acceptors (Lipinski definition) is 5. The SMILES string of the molecule is Cc1ccc(C)c(OCC(=O)Nc2nc(-c3ccc(N)cc3)cs2)c1. The number of aromatic nitrogens is 1. The lowest BCUT2D eigenvalue weighted by molar-refractivity contribution is -0.118. The first-order valence-corrected chi connectivity index (χ1v) is 8.70. The predicted molar refractivity (Wildman–Crippen MR) is 102 cm³/mol. The lowest BCUT2D eigenvalue weighted by Crippen LogP contribution is -2.20. The average molecular weight is 353 g/mol. The van der Waals surface area contributed by atoms with Gasteiger partial charge in [0.2, 0.25) is 0 Å². The third-order valence-electron chi connectivity index (χ3n) is 3.66. The molecule has 128 valence electrons. The van der Waals surface area contributed by atoms with Crippen LogP contribution in [-0.2, 0) is 4.79 Å². The molecule has 2 aromatic carbocycles. The molecule has 3 aromatic rings. The highest BCUT2D eigenvalue weighted by molar-refractivity contribution is 7.14. The summed E-state index contributed by atoms with van der Waals surface area (Å²) < 4.78 is 5.61. The van der Waals surface area contributed by atoms with E-state index in [1.807, 2.05) is 61.7 Å². The van der Waals surface area contributed by atoms with Crippen molar-refractivity contribution in [3.63, 3.8) is 0 Å². The number of nitrogens with two attached hydrogens (primary N) is 1. The van der Waals surface area contributed by atoms with Crippen molar-refractivity contribution in [1.82, 2.24) is 4.98 Å². The minimum absolute atomic E-state index is 0.0545. The zero-order valence-corrected chi connectivity index (χ0v) is 14.9. The second-order valence-electron chi connectivity index (χ2n) is 5.77. The highest BCUT2D eigenvalue weighted by Gasteiger charge is 2.09. The summed E-state index contributed by atoms with van der Waals surface area (Å²) in [6.45, 7) is 3.88. The molecular formula is C19H19N3O2S. The molecule has 0 saturated carbocycles. The number of benzene rings is 2. The topological polar surface area (TPSA) is 77.2 Å². The minimum atomic E-state index is -0.237. The Morgan fingerprint density at radius 2 is 1.96 bits per heavy atom. The Balaban J connectivity index is 1.60. The van der Waals surface area contributed by atoms with Crippen molar-refractivity contribution in [2.45, 2.75) is 13.8 Å². The lowest BCUT2D eigenvalue weighted by atomic mass is 10.1. The molecule has 0 spiro atoms. The third-order valence-corrected chi connectivity index (χ3v) is 4.42. The van der Waals surface area contributed by atoms with Crippen LogP contribution in [-0.4, -0.2) is 17.5 Å². The Hall–Kier alpha value is -2.86. The standard InChI is InChI=1S/C19H19N3O2S/c1-12-3-4-13(2)17(9-12)24-10-18(23)22-19-21-16(11-25-19)14-5-7-15(20)8-6-14/h3-9,11H,10,20H2,1-2H3,(H,21,22,23). The number of anilines is 2. The summed E-state index contributed by atoms with van der Waals surface area (Å²) in [6.07, 6.45) is 0. The van der Waals surface area contributed by atoms with E-state index in [4.69, 9.17) is 10.5 Å². The fourth-order valence-corrected chi connectivity index (χ4v) is 3.01. The molecule has 0 saturated heterocycles. The largest absolute Gasteiger partial charge is 0.483 e. The predicted octanol–water partition coefficient (Wildman–Crippen LogP) is 4.03. The summed E-state index contributed by atoms with van der Waals surface area (Å²) in [5.74, 6) is 0.482. The fourth-order valence-electron chi connectivity index (χ4n) is 2.28. The minimum Gasteiger partial charge on any atom is -0.483 e. The zero-order valence-electron chi connectivity index (χ0n) is 14.1. The quantitative estimate of drug-likeness (QED) is 0.679. The summed E-state index contributed by atoms with van der Waals surface area (Å²) in [4.78, 5) is 16.5. The van der Waals surface area contributed by atoms with Crippen molar-refractivity contribution in [1.29, 1.82) is 0 Å². The Morgan fingerprint density at radius 1 is 1.20 bits per heavy atom. The summed E-state index contributed by atoms with van der Waals surface area (Å²) in [6, 6.07) is 13.4. The van der Waals surface area contributed by atoms with Crippen LogP contribution < -0.4 is 15.8 Å². The van der Waals surface area contributed by atoms with Gasteiger partial charge in [0.05, 0.1) is 5.69 Å². The van der Waals surface area contributed by atoms with E-state index in [1.54, 1.807) is 0 Å². The maximum atomic E-state index is 12.1. The molecular weight excluding hydrogens is 334 g/mol. The average Bonchev–Trinajstić information content (AvgIpc) is 3.05. The number of rotatable bonds is 5. The maximum Gasteiger partial charge on any atom is 0.264 e. The van der Waals surface area contributed by atoms with Crippen LogP contribution in [0.2, 0.25) is 0 Å². The molecule has 0 aliphatic heterocycles. The molecule has 1 heterocycles. The van der Waals surface area contributed by atoms with Crippen molar-refractivity contribution in [2.24, 2.45) is 0 Å². The molecule has 1 amide bonds. The van der Waals surface area contributed by atoms with Gasteiger partial charge < -0.3 is 10.5 Å². The van der Waals surface area contributed by atoms with Gasteiger partial charge in [-0.15, -0.1) is 11.3 Å². The zero-order chi connectivity index (χ0) is 17.8. The summed E-state index contributed by atoms with van der Waals surface area (Å²) in [5, 5.41) is 5.21. The van der Waals surface area contributed by atoms with Crippen LogP contribution in [0.3, 0.4) is 0 Å². The second kappa shape index (κ2) is 7.36. The van der Waals surface area contributed by atoms with E-state index in [9.17, 15) is 4.79 Å². The first-order chi connectivity index (χ1) is 12.0. The van der Waals surface area contributed by atoms with Crippen LogP contribution >= 0.6 is 11.3 Å². The molecule has 0 aliphatic rings. The smallest absolute Gasteiger partial charge is 0.264 e. The molecule has 3 N–H and O–H groups in total. The molecule has 0 atom stereocenters. The Morgan fingerprint density at radius 3 is 2.72 bits per heavy atom. The summed E-state index contributed by atoms with van der Waals surface area (Å²) >= 11 is 1.37. The van der Waals surface area contributed by atoms with Gasteiger partial charge in [-0.25, -0.2) is 4.98 Å². The van der Waals surface area contributed by atoms with Crippen LogP contribution in [0.4, 0.5) is 10.8 Å². The van der Waals surface area contributed by atoms with E-state index in [0.717, 1.165) is 28.1 Å². The number of aryl methyl sites for hydroxylation is 2. The van der Waals surface area contributed by atoms with Gasteiger partial charge in [0.25, 0.3) is 5.91 Å². The van der Waals surface area contributed by atoms with Crippen molar-refractivity contribution in [3.05, 3.63) is 59.0 Å².